The number of rotatable bonds is 5. The van der Waals surface area contributed by atoms with Crippen molar-refractivity contribution >= 4 is 28.7 Å². The third-order valence-electron chi connectivity index (χ3n) is 5.06. The highest BCUT2D eigenvalue weighted by Crippen LogP contribution is 2.39. The maximum absolute atomic E-state index is 12.9. The predicted octanol–water partition coefficient (Wildman–Crippen LogP) is 4.14. The van der Waals surface area contributed by atoms with Gasteiger partial charge < -0.3 is 18.8 Å². The van der Waals surface area contributed by atoms with Crippen LogP contribution in [0.3, 0.4) is 0 Å². The Hall–Kier alpha value is -3.54. The van der Waals surface area contributed by atoms with Crippen molar-refractivity contribution in [1.29, 1.82) is 0 Å². The van der Waals surface area contributed by atoms with Crippen LogP contribution in [0.5, 0.6) is 11.5 Å². The summed E-state index contributed by atoms with van der Waals surface area (Å²) in [5, 5.41) is 1.06. The molecule has 0 N–H and O–H groups in total. The van der Waals surface area contributed by atoms with E-state index in [1.807, 2.05) is 24.4 Å². The number of para-hydroxylation sites is 1. The molecule has 1 aliphatic heterocycles. The molecule has 1 aromatic heterocycles. The number of carbonyl (C=O) groups is 2. The van der Waals surface area contributed by atoms with Gasteiger partial charge in [0.15, 0.2) is 12.4 Å². The van der Waals surface area contributed by atoms with Crippen LogP contribution in [-0.4, -0.2) is 30.0 Å². The first kappa shape index (κ1) is 18.8. The molecule has 4 rings (SSSR count). The number of benzene rings is 2. The Morgan fingerprint density at radius 3 is 2.76 bits per heavy atom. The first-order valence-corrected chi connectivity index (χ1v) is 9.38. The normalized spacial score (nSPS) is 14.2. The number of allylic oxidation sites excluding steroid dienone is 1. The lowest BCUT2D eigenvalue weighted by Gasteiger charge is -2.10. The first-order valence-electron chi connectivity index (χ1n) is 9.38. The molecule has 6 heteroatoms. The van der Waals surface area contributed by atoms with Crippen LogP contribution in [-0.2, 0) is 16.1 Å². The van der Waals surface area contributed by atoms with Crippen LogP contribution < -0.4 is 9.47 Å². The van der Waals surface area contributed by atoms with Crippen molar-refractivity contribution in [3.63, 3.8) is 0 Å². The van der Waals surface area contributed by atoms with Gasteiger partial charge in [0, 0.05) is 34.8 Å². The Labute approximate surface area is 168 Å². The van der Waals surface area contributed by atoms with Crippen LogP contribution in [0.25, 0.3) is 17.0 Å². The topological polar surface area (TPSA) is 66.8 Å². The van der Waals surface area contributed by atoms with Gasteiger partial charge in [-0.25, -0.2) is 4.79 Å². The minimum absolute atomic E-state index is 0.170. The number of ether oxygens (including phenoxy) is 3. The minimum atomic E-state index is -0.477. The van der Waals surface area contributed by atoms with Crippen molar-refractivity contribution in [3.8, 4) is 11.5 Å². The zero-order valence-electron chi connectivity index (χ0n) is 16.5. The van der Waals surface area contributed by atoms with Gasteiger partial charge in [-0.05, 0) is 38.1 Å². The Morgan fingerprint density at radius 2 is 2.00 bits per heavy atom. The van der Waals surface area contributed by atoms with E-state index in [0.29, 0.717) is 22.6 Å². The van der Waals surface area contributed by atoms with E-state index in [0.717, 1.165) is 23.0 Å². The molecule has 0 radical (unpaired) electrons. The molecule has 0 fully saturated rings. The van der Waals surface area contributed by atoms with E-state index < -0.39 is 5.97 Å². The molecule has 29 heavy (non-hydrogen) atoms. The predicted molar refractivity (Wildman–Crippen MR) is 109 cm³/mol. The second kappa shape index (κ2) is 7.47. The van der Waals surface area contributed by atoms with Gasteiger partial charge in [0.25, 0.3) is 0 Å². The molecule has 0 saturated heterocycles. The molecule has 0 spiro atoms. The third-order valence-corrected chi connectivity index (χ3v) is 5.06. The molecule has 0 unspecified atom stereocenters. The molecule has 148 valence electrons. The zero-order chi connectivity index (χ0) is 20.5. The smallest absolute Gasteiger partial charge is 0.343 e. The minimum Gasteiger partial charge on any atom is -0.481 e. The fourth-order valence-corrected chi connectivity index (χ4v) is 3.51. The van der Waals surface area contributed by atoms with Gasteiger partial charge in [-0.15, -0.1) is 0 Å². The van der Waals surface area contributed by atoms with Crippen LogP contribution in [0.4, 0.5) is 0 Å². The fraction of sp³-hybridized carbons (Fsp3) is 0.217. The number of esters is 1. The van der Waals surface area contributed by atoms with E-state index in [-0.39, 0.29) is 18.1 Å². The van der Waals surface area contributed by atoms with E-state index in [2.05, 4.69) is 22.3 Å². The van der Waals surface area contributed by atoms with Crippen LogP contribution >= 0.6 is 0 Å². The maximum Gasteiger partial charge on any atom is 0.343 e. The molecule has 2 heterocycles. The summed E-state index contributed by atoms with van der Waals surface area (Å²) in [6.45, 7) is 4.50. The number of hydrogen-bond acceptors (Lipinski definition) is 5. The lowest BCUT2D eigenvalue weighted by Crippen LogP contribution is -2.13. The molecule has 6 nitrogen and oxygen atoms in total. The van der Waals surface area contributed by atoms with Crippen molar-refractivity contribution in [2.45, 2.75) is 20.4 Å². The number of methoxy groups -OCH3 is 1. The number of aromatic nitrogens is 1. The van der Waals surface area contributed by atoms with Gasteiger partial charge in [0.1, 0.15) is 11.5 Å². The molecule has 0 bridgehead atoms. The molecule has 0 atom stereocenters. The van der Waals surface area contributed by atoms with Gasteiger partial charge in [-0.1, -0.05) is 18.2 Å². The molecular weight excluding hydrogens is 370 g/mol. The van der Waals surface area contributed by atoms with E-state index in [9.17, 15) is 9.59 Å². The van der Waals surface area contributed by atoms with E-state index in [1.54, 1.807) is 25.1 Å². The van der Waals surface area contributed by atoms with Crippen molar-refractivity contribution in [3.05, 3.63) is 65.0 Å². The number of Topliss-reactive ketones (excluding diaryl/α,β-unsaturated/α-hetero) is 1. The van der Waals surface area contributed by atoms with Gasteiger partial charge >= 0.3 is 5.97 Å². The van der Waals surface area contributed by atoms with Crippen molar-refractivity contribution < 1.29 is 23.8 Å². The zero-order valence-corrected chi connectivity index (χ0v) is 16.5. The van der Waals surface area contributed by atoms with E-state index in [1.165, 1.54) is 7.11 Å². The Kier molecular flexibility index (Phi) is 4.84. The highest BCUT2D eigenvalue weighted by atomic mass is 16.6. The number of hydrogen-bond donors (Lipinski definition) is 0. The largest absolute Gasteiger partial charge is 0.481 e. The molecule has 1 aliphatic rings. The Balaban J connectivity index is 1.68. The van der Waals surface area contributed by atoms with Crippen molar-refractivity contribution in [2.75, 3.05) is 13.7 Å². The van der Waals surface area contributed by atoms with E-state index >= 15 is 0 Å². The van der Waals surface area contributed by atoms with Crippen molar-refractivity contribution in [2.24, 2.45) is 0 Å². The van der Waals surface area contributed by atoms with E-state index in [4.69, 9.17) is 9.47 Å². The highest BCUT2D eigenvalue weighted by molar-refractivity contribution is 6.15. The summed E-state index contributed by atoms with van der Waals surface area (Å²) in [5.41, 5.74) is 3.19. The number of aryl methyl sites for hydroxylation is 1. The van der Waals surface area contributed by atoms with Crippen LogP contribution in [0.1, 0.15) is 28.4 Å². The SMILES string of the molecule is CCn1cc(/C=C2\Oc3c(ccc(OCC(=O)OC)c3C)C2=O)c2ccccc21. The Morgan fingerprint density at radius 1 is 1.21 bits per heavy atom. The van der Waals surface area contributed by atoms with Crippen LogP contribution in [0.2, 0.25) is 0 Å². The summed E-state index contributed by atoms with van der Waals surface area (Å²) in [6, 6.07) is 11.4. The Bertz CT molecular complexity index is 1160. The van der Waals surface area contributed by atoms with Gasteiger partial charge in [0.05, 0.1) is 12.7 Å². The quantitative estimate of drug-likeness (QED) is 0.483. The molecule has 0 amide bonds. The highest BCUT2D eigenvalue weighted by Gasteiger charge is 2.30. The average molecular weight is 391 g/mol. The third kappa shape index (κ3) is 3.27. The summed E-state index contributed by atoms with van der Waals surface area (Å²) in [4.78, 5) is 24.2. The number of carbonyl (C=O) groups excluding carboxylic acids is 2. The van der Waals surface area contributed by atoms with Gasteiger partial charge in [-0.2, -0.15) is 0 Å². The summed E-state index contributed by atoms with van der Waals surface area (Å²) < 4.78 is 18.1. The lowest BCUT2D eigenvalue weighted by molar-refractivity contribution is -0.142. The number of fused-ring (bicyclic) bond motifs is 2. The monoisotopic (exact) mass is 391 g/mol. The number of ketones is 1. The maximum atomic E-state index is 12.9. The van der Waals surface area contributed by atoms with Gasteiger partial charge in [0.2, 0.25) is 5.78 Å². The van der Waals surface area contributed by atoms with Crippen molar-refractivity contribution in [1.82, 2.24) is 4.57 Å². The van der Waals surface area contributed by atoms with Crippen LogP contribution in [0, 0.1) is 6.92 Å². The van der Waals surface area contributed by atoms with Crippen LogP contribution in [0.15, 0.2) is 48.4 Å². The average Bonchev–Trinajstić information content (AvgIpc) is 3.26. The first-order chi connectivity index (χ1) is 14.0. The molecule has 2 aromatic carbocycles. The molecule has 0 aliphatic carbocycles. The standard InChI is InChI=1S/C23H21NO5/c1-4-24-12-15(16-7-5-6-8-18(16)24)11-20-22(26)17-9-10-19(14(2)23(17)29-20)28-13-21(25)27-3/h5-12H,4,13H2,1-3H3/b20-11-. The lowest BCUT2D eigenvalue weighted by atomic mass is 10.1. The summed E-state index contributed by atoms with van der Waals surface area (Å²) in [5.74, 6) is 0.562. The second-order valence-corrected chi connectivity index (χ2v) is 6.76. The molecule has 3 aromatic rings. The molecule has 0 saturated carbocycles. The summed E-state index contributed by atoms with van der Waals surface area (Å²) in [7, 11) is 1.30. The van der Waals surface area contributed by atoms with Gasteiger partial charge in [-0.3, -0.25) is 4.79 Å². The number of nitrogens with zero attached hydrogens (tertiary/aromatic N) is 1. The second-order valence-electron chi connectivity index (χ2n) is 6.76. The molecular formula is C23H21NO5. The summed E-state index contributed by atoms with van der Waals surface area (Å²) in [6.07, 6.45) is 3.81. The summed E-state index contributed by atoms with van der Waals surface area (Å²) >= 11 is 0. The fourth-order valence-electron chi connectivity index (χ4n) is 3.51.